The van der Waals surface area contributed by atoms with Gasteiger partial charge >= 0.3 is 5.97 Å². The maximum Gasteiger partial charge on any atom is 0.326 e. The van der Waals surface area contributed by atoms with Gasteiger partial charge in [0.2, 0.25) is 10.0 Å². The summed E-state index contributed by atoms with van der Waals surface area (Å²) >= 11 is 7.17. The fourth-order valence-corrected chi connectivity index (χ4v) is 3.14. The SMILES string of the molecule is CSCC[C@H](NC(=O)c1ccc(Cl)c(S(N)(=O)=O)c1)C(=O)O. The molecule has 0 saturated carbocycles. The lowest BCUT2D eigenvalue weighted by molar-refractivity contribution is -0.139. The van der Waals surface area contributed by atoms with Gasteiger partial charge < -0.3 is 10.4 Å². The van der Waals surface area contributed by atoms with E-state index in [1.807, 2.05) is 6.26 Å². The zero-order chi connectivity index (χ0) is 16.9. The average Bonchev–Trinajstić information content (AvgIpc) is 2.42. The van der Waals surface area contributed by atoms with Crippen molar-refractivity contribution in [3.63, 3.8) is 0 Å². The quantitative estimate of drug-likeness (QED) is 0.658. The van der Waals surface area contributed by atoms with Crippen molar-refractivity contribution in [3.8, 4) is 0 Å². The maximum absolute atomic E-state index is 12.1. The smallest absolute Gasteiger partial charge is 0.326 e. The second-order valence-corrected chi connectivity index (χ2v) is 7.26. The van der Waals surface area contributed by atoms with E-state index in [1.54, 1.807) is 0 Å². The molecule has 0 aliphatic rings. The second-order valence-electron chi connectivity index (χ2n) is 4.34. The molecule has 0 aliphatic heterocycles. The van der Waals surface area contributed by atoms with Crippen LogP contribution in [0.4, 0.5) is 0 Å². The van der Waals surface area contributed by atoms with Gasteiger partial charge in [0.1, 0.15) is 10.9 Å². The fourth-order valence-electron chi connectivity index (χ4n) is 1.60. The molecule has 122 valence electrons. The molecule has 0 fully saturated rings. The molecule has 0 heterocycles. The van der Waals surface area contributed by atoms with Gasteiger partial charge in [-0.1, -0.05) is 11.6 Å². The summed E-state index contributed by atoms with van der Waals surface area (Å²) in [6, 6.07) is 2.46. The molecule has 1 atom stereocenters. The Morgan fingerprint density at radius 2 is 2.09 bits per heavy atom. The zero-order valence-corrected chi connectivity index (χ0v) is 14.0. The van der Waals surface area contributed by atoms with Crippen LogP contribution < -0.4 is 10.5 Å². The molecule has 1 rings (SSSR count). The molecule has 0 unspecified atom stereocenters. The Balaban J connectivity index is 3.00. The number of carbonyl (C=O) groups excluding carboxylic acids is 1. The van der Waals surface area contributed by atoms with Crippen molar-refractivity contribution in [2.45, 2.75) is 17.4 Å². The molecule has 0 aliphatic carbocycles. The van der Waals surface area contributed by atoms with E-state index >= 15 is 0 Å². The molecule has 10 heteroatoms. The maximum atomic E-state index is 12.1. The third kappa shape index (κ3) is 5.16. The minimum Gasteiger partial charge on any atom is -0.480 e. The normalized spacial score (nSPS) is 12.7. The van der Waals surface area contributed by atoms with E-state index in [2.05, 4.69) is 5.32 Å². The molecule has 1 aromatic rings. The van der Waals surface area contributed by atoms with Crippen molar-refractivity contribution in [3.05, 3.63) is 28.8 Å². The molecule has 0 bridgehead atoms. The lowest BCUT2D eigenvalue weighted by atomic mass is 10.1. The number of benzene rings is 1. The van der Waals surface area contributed by atoms with Crippen molar-refractivity contribution in [1.29, 1.82) is 0 Å². The lowest BCUT2D eigenvalue weighted by Crippen LogP contribution is -2.41. The standard InChI is InChI=1S/C12H15ClN2O5S2/c1-21-5-4-9(12(17)18)15-11(16)7-2-3-8(13)10(6-7)22(14,19)20/h2-3,6,9H,4-5H2,1H3,(H,15,16)(H,17,18)(H2,14,19,20)/t9-/m0/s1. The Kier molecular flexibility index (Phi) is 6.66. The molecular weight excluding hydrogens is 352 g/mol. The van der Waals surface area contributed by atoms with Crippen molar-refractivity contribution in [2.75, 3.05) is 12.0 Å². The van der Waals surface area contributed by atoms with Gasteiger partial charge in [-0.2, -0.15) is 11.8 Å². The van der Waals surface area contributed by atoms with Gasteiger partial charge in [-0.05, 0) is 36.6 Å². The van der Waals surface area contributed by atoms with Crippen molar-refractivity contribution in [1.82, 2.24) is 5.32 Å². The lowest BCUT2D eigenvalue weighted by Gasteiger charge is -2.14. The van der Waals surface area contributed by atoms with Crippen LogP contribution in [0.2, 0.25) is 5.02 Å². The van der Waals surface area contributed by atoms with Gasteiger partial charge in [0.15, 0.2) is 0 Å². The highest BCUT2D eigenvalue weighted by atomic mass is 35.5. The van der Waals surface area contributed by atoms with E-state index in [4.69, 9.17) is 21.8 Å². The van der Waals surface area contributed by atoms with Crippen LogP contribution in [0.15, 0.2) is 23.1 Å². The highest BCUT2D eigenvalue weighted by Gasteiger charge is 2.22. The number of sulfonamides is 1. The van der Waals surface area contributed by atoms with Crippen LogP contribution in [-0.2, 0) is 14.8 Å². The zero-order valence-electron chi connectivity index (χ0n) is 11.6. The number of hydrogen-bond donors (Lipinski definition) is 3. The highest BCUT2D eigenvalue weighted by Crippen LogP contribution is 2.21. The van der Waals surface area contributed by atoms with Gasteiger partial charge in [0.05, 0.1) is 5.02 Å². The second kappa shape index (κ2) is 7.82. The van der Waals surface area contributed by atoms with E-state index in [9.17, 15) is 18.0 Å². The summed E-state index contributed by atoms with van der Waals surface area (Å²) in [7, 11) is -4.08. The molecule has 0 aromatic heterocycles. The van der Waals surface area contributed by atoms with E-state index in [0.29, 0.717) is 5.75 Å². The Morgan fingerprint density at radius 3 is 2.59 bits per heavy atom. The minimum absolute atomic E-state index is 0.0381. The Labute approximate surface area is 137 Å². The number of amides is 1. The summed E-state index contributed by atoms with van der Waals surface area (Å²) in [5, 5.41) is 16.3. The molecule has 0 radical (unpaired) electrons. The first-order valence-corrected chi connectivity index (χ1v) is 9.33. The van der Waals surface area contributed by atoms with Crippen LogP contribution in [0, 0.1) is 0 Å². The number of primary sulfonamides is 1. The number of halogens is 1. The summed E-state index contributed by atoms with van der Waals surface area (Å²) in [6.07, 6.45) is 2.07. The predicted octanol–water partition coefficient (Wildman–Crippen LogP) is 0.924. The van der Waals surface area contributed by atoms with E-state index in [0.717, 1.165) is 6.07 Å². The number of carboxylic acid groups (broad SMARTS) is 1. The summed E-state index contributed by atoms with van der Waals surface area (Å²) in [5.74, 6) is -1.32. The van der Waals surface area contributed by atoms with Gasteiger partial charge in [-0.15, -0.1) is 0 Å². The Hall–Kier alpha value is -1.29. The molecule has 4 N–H and O–H groups in total. The van der Waals surface area contributed by atoms with E-state index in [-0.39, 0.29) is 17.0 Å². The van der Waals surface area contributed by atoms with Crippen molar-refractivity contribution in [2.24, 2.45) is 5.14 Å². The van der Waals surface area contributed by atoms with Gasteiger partial charge in [-0.25, -0.2) is 18.4 Å². The average molecular weight is 367 g/mol. The molecule has 1 aromatic carbocycles. The Bertz CT molecular complexity index is 678. The molecule has 0 saturated heterocycles. The van der Waals surface area contributed by atoms with Crippen LogP contribution in [-0.4, -0.2) is 43.5 Å². The number of aliphatic carboxylic acids is 1. The summed E-state index contributed by atoms with van der Waals surface area (Å²) < 4.78 is 22.7. The van der Waals surface area contributed by atoms with E-state index in [1.165, 1.54) is 23.9 Å². The highest BCUT2D eigenvalue weighted by molar-refractivity contribution is 7.98. The summed E-state index contributed by atoms with van der Waals surface area (Å²) in [6.45, 7) is 0. The molecule has 0 spiro atoms. The third-order valence-electron chi connectivity index (χ3n) is 2.71. The monoisotopic (exact) mass is 366 g/mol. The summed E-state index contributed by atoms with van der Waals surface area (Å²) in [4.78, 5) is 22.8. The third-order valence-corrected chi connectivity index (χ3v) is 4.75. The van der Waals surface area contributed by atoms with Crippen molar-refractivity contribution < 1.29 is 23.1 Å². The molecule has 1 amide bonds. The van der Waals surface area contributed by atoms with Crippen LogP contribution in [0.1, 0.15) is 16.8 Å². The van der Waals surface area contributed by atoms with Gasteiger partial charge in [-0.3, -0.25) is 4.79 Å². The van der Waals surface area contributed by atoms with E-state index < -0.39 is 32.8 Å². The first kappa shape index (κ1) is 18.8. The Morgan fingerprint density at radius 1 is 1.45 bits per heavy atom. The molecule has 7 nitrogen and oxygen atoms in total. The summed E-state index contributed by atoms with van der Waals surface area (Å²) in [5.41, 5.74) is -0.0381. The molecular formula is C12H15ClN2O5S2. The number of nitrogens with two attached hydrogens (primary N) is 1. The number of carbonyl (C=O) groups is 2. The number of nitrogens with one attached hydrogen (secondary N) is 1. The first-order valence-electron chi connectivity index (χ1n) is 6.01. The van der Waals surface area contributed by atoms with Crippen molar-refractivity contribution >= 4 is 45.3 Å². The minimum atomic E-state index is -4.08. The van der Waals surface area contributed by atoms with Crippen LogP contribution >= 0.6 is 23.4 Å². The molecule has 22 heavy (non-hydrogen) atoms. The number of carboxylic acids is 1. The van der Waals surface area contributed by atoms with Crippen LogP contribution in [0.25, 0.3) is 0 Å². The van der Waals surface area contributed by atoms with Crippen LogP contribution in [0.3, 0.4) is 0 Å². The largest absolute Gasteiger partial charge is 0.480 e. The van der Waals surface area contributed by atoms with Gasteiger partial charge in [0, 0.05) is 5.56 Å². The number of thioether (sulfide) groups is 1. The number of hydrogen-bond acceptors (Lipinski definition) is 5. The topological polar surface area (TPSA) is 127 Å². The predicted molar refractivity (Wildman–Crippen MR) is 84.7 cm³/mol. The number of rotatable bonds is 7. The first-order chi connectivity index (χ1) is 10.2. The van der Waals surface area contributed by atoms with Crippen LogP contribution in [0.5, 0.6) is 0 Å². The fraction of sp³-hybridized carbons (Fsp3) is 0.333. The van der Waals surface area contributed by atoms with Gasteiger partial charge in [0.25, 0.3) is 5.91 Å².